The second-order valence-electron chi connectivity index (χ2n) is 18.9. The van der Waals surface area contributed by atoms with Crippen molar-refractivity contribution < 1.29 is 47.4 Å². The molecule has 3 aliphatic rings. The Labute approximate surface area is 469 Å². The number of thiophene rings is 2. The second kappa shape index (κ2) is 28.5. The fourth-order valence-electron chi connectivity index (χ4n) is 9.07. The van der Waals surface area contributed by atoms with Crippen LogP contribution in [0.5, 0.6) is 17.2 Å². The van der Waals surface area contributed by atoms with Gasteiger partial charge in [0.2, 0.25) is 0 Å². The van der Waals surface area contributed by atoms with E-state index in [0.29, 0.717) is 124 Å². The Bertz CT molecular complexity index is 3020. The number of benzene rings is 4. The lowest BCUT2D eigenvalue weighted by Crippen LogP contribution is -2.34. The topological polar surface area (TPSA) is 136 Å². The molecule has 412 valence electrons. The van der Waals surface area contributed by atoms with Gasteiger partial charge >= 0.3 is 5.97 Å². The maximum Gasteiger partial charge on any atom is 0.333 e. The second-order valence-corrected chi connectivity index (χ2v) is 21.7. The minimum Gasteiger partial charge on any atom is -0.490 e. The van der Waals surface area contributed by atoms with Crippen LogP contribution in [0.25, 0.3) is 44.1 Å². The first-order chi connectivity index (χ1) is 38.2. The Morgan fingerprint density at radius 1 is 0.603 bits per heavy atom. The third kappa shape index (κ3) is 15.3. The number of carbonyl (C=O) groups excluding carboxylic acids is 1. The molecule has 0 spiro atoms. The summed E-state index contributed by atoms with van der Waals surface area (Å²) in [4.78, 5) is 23.0. The monoisotopic (exact) mass is 1120 g/mol. The summed E-state index contributed by atoms with van der Waals surface area (Å²) in [6.45, 7) is 19.1. The summed E-state index contributed by atoms with van der Waals surface area (Å²) >= 11 is 4.47. The number of ether oxygens (including phenoxy) is 9. The van der Waals surface area contributed by atoms with Gasteiger partial charge in [0.15, 0.2) is 0 Å². The normalized spacial score (nSPS) is 15.8. The highest BCUT2D eigenvalue weighted by Crippen LogP contribution is 2.40. The Kier molecular flexibility index (Phi) is 20.6. The lowest BCUT2D eigenvalue weighted by molar-refractivity contribution is -0.140. The van der Waals surface area contributed by atoms with E-state index in [1.807, 2.05) is 12.1 Å². The largest absolute Gasteiger partial charge is 0.490 e. The molecule has 1 saturated heterocycles. The number of fused-ring (bicyclic) bond motifs is 21. The van der Waals surface area contributed by atoms with Crippen molar-refractivity contribution in [1.29, 1.82) is 0 Å². The molecule has 15 nitrogen and oxygen atoms in total. The van der Waals surface area contributed by atoms with Crippen LogP contribution in [0.1, 0.15) is 33.4 Å². The van der Waals surface area contributed by atoms with E-state index in [1.165, 1.54) is 11.7 Å². The molecular formula is C60H69N5O10S3. The highest BCUT2D eigenvalue weighted by Gasteiger charge is 2.21. The molecule has 4 aromatic carbocycles. The fourth-order valence-corrected chi connectivity index (χ4v) is 11.5. The highest BCUT2D eigenvalue weighted by molar-refractivity contribution is 7.16. The number of carbonyl (C=O) groups is 1. The first-order valence-electron chi connectivity index (χ1n) is 26.4. The SMILES string of the molecule is C=C(C)C(=O)OCc1ccc(-c2ccc(-c3ccc(/C=C/c4ccc(N5CCOc6cc(C)ccc6N6CCOCCOCCN(CCOCCOCC6)c6ccc(C)cc6OCC5)c(OCCOC)c4)s3)c3nsnc23)s1. The summed E-state index contributed by atoms with van der Waals surface area (Å²) in [5, 5.41) is 0. The average molecular weight is 1120 g/mol. The van der Waals surface area contributed by atoms with Crippen molar-refractivity contribution in [2.24, 2.45) is 0 Å². The van der Waals surface area contributed by atoms with Crippen LogP contribution >= 0.6 is 34.4 Å². The van der Waals surface area contributed by atoms with Crippen LogP contribution in [0.3, 0.4) is 0 Å². The van der Waals surface area contributed by atoms with Gasteiger partial charge in [0, 0.05) is 69.5 Å². The van der Waals surface area contributed by atoms with E-state index in [2.05, 4.69) is 126 Å². The van der Waals surface area contributed by atoms with Crippen LogP contribution in [-0.4, -0.2) is 140 Å². The molecular weight excluding hydrogens is 1050 g/mol. The molecule has 0 atom stereocenters. The molecule has 0 saturated carbocycles. The fraction of sp³-hybridized carbons (Fsp3) is 0.383. The summed E-state index contributed by atoms with van der Waals surface area (Å²) in [5.41, 5.74) is 10.2. The van der Waals surface area contributed by atoms with Crippen molar-refractivity contribution in [2.45, 2.75) is 27.4 Å². The van der Waals surface area contributed by atoms with Crippen LogP contribution in [0, 0.1) is 13.8 Å². The lowest BCUT2D eigenvalue weighted by Gasteiger charge is -2.30. The number of hydrogen-bond donors (Lipinski definition) is 0. The Balaban J connectivity index is 0.985. The Hall–Kier alpha value is -6.35. The predicted octanol–water partition coefficient (Wildman–Crippen LogP) is 11.3. The molecule has 1 fully saturated rings. The van der Waals surface area contributed by atoms with Crippen LogP contribution in [0.15, 0.2) is 103 Å². The minimum atomic E-state index is -0.400. The van der Waals surface area contributed by atoms with Gasteiger partial charge in [-0.05, 0) is 104 Å². The van der Waals surface area contributed by atoms with E-state index in [4.69, 9.17) is 51.4 Å². The number of nitrogens with zero attached hydrogens (tertiary/aromatic N) is 5. The zero-order chi connectivity index (χ0) is 54.1. The zero-order valence-corrected chi connectivity index (χ0v) is 47.4. The number of aromatic nitrogens is 2. The van der Waals surface area contributed by atoms with Gasteiger partial charge in [-0.15, -0.1) is 22.7 Å². The van der Waals surface area contributed by atoms with Crippen LogP contribution in [0.4, 0.5) is 17.1 Å². The van der Waals surface area contributed by atoms with Crippen molar-refractivity contribution >= 4 is 80.6 Å². The summed E-state index contributed by atoms with van der Waals surface area (Å²) < 4.78 is 65.0. The summed E-state index contributed by atoms with van der Waals surface area (Å²) in [5.74, 6) is 1.92. The van der Waals surface area contributed by atoms with Crippen molar-refractivity contribution in [3.63, 3.8) is 0 Å². The Morgan fingerprint density at radius 2 is 1.13 bits per heavy atom. The number of methoxy groups -OCH3 is 1. The molecule has 0 radical (unpaired) electrons. The molecule has 18 heteroatoms. The van der Waals surface area contributed by atoms with Gasteiger partial charge in [-0.2, -0.15) is 8.75 Å². The van der Waals surface area contributed by atoms with Crippen LogP contribution in [-0.2, 0) is 39.8 Å². The molecule has 3 aliphatic heterocycles. The van der Waals surface area contributed by atoms with Crippen molar-refractivity contribution in [3.8, 4) is 38.1 Å². The lowest BCUT2D eigenvalue weighted by atomic mass is 10.1. The molecule has 10 rings (SSSR count). The number of hydrogen-bond acceptors (Lipinski definition) is 18. The average Bonchev–Trinajstić information content (AvgIpc) is 4.28. The molecule has 3 aromatic heterocycles. The van der Waals surface area contributed by atoms with Gasteiger partial charge in [0.25, 0.3) is 0 Å². The van der Waals surface area contributed by atoms with Crippen molar-refractivity contribution in [3.05, 3.63) is 130 Å². The number of anilines is 3. The van der Waals surface area contributed by atoms with Crippen molar-refractivity contribution in [1.82, 2.24) is 8.75 Å². The van der Waals surface area contributed by atoms with E-state index in [1.54, 1.807) is 36.7 Å². The van der Waals surface area contributed by atoms with E-state index in [-0.39, 0.29) is 6.61 Å². The first kappa shape index (κ1) is 56.4. The third-order valence-corrected chi connectivity index (χ3v) is 15.9. The summed E-state index contributed by atoms with van der Waals surface area (Å²) in [6.07, 6.45) is 4.26. The maximum absolute atomic E-state index is 12.0. The first-order valence-corrected chi connectivity index (χ1v) is 28.8. The molecule has 6 heterocycles. The number of rotatable bonds is 12. The molecule has 0 unspecified atom stereocenters. The standard InChI is InChI=1S/C60H69N5O10S3/c1-42(2)60(66)75-41-47-12-19-57(77-47)49-14-13-48(58-59(49)62-78-61-58)56-18-11-46(76-56)10-8-45-9-17-52(55(40-45)74-37-32-67-5)65-24-30-72-53-38-43(3)6-15-50(53)63-20-26-68-33-35-70-28-22-64(23-29-71-36-34-69-27-21-63)51-16-7-44(4)39-54(51)73-31-25-65/h6-19,38-40H,1,20-37,41H2,2-5H3/b10-8+. The number of esters is 1. The predicted molar refractivity (Wildman–Crippen MR) is 315 cm³/mol. The van der Waals surface area contributed by atoms with Gasteiger partial charge in [0.05, 0.1) is 101 Å². The molecule has 2 bridgehead atoms. The van der Waals surface area contributed by atoms with E-state index >= 15 is 0 Å². The van der Waals surface area contributed by atoms with E-state index < -0.39 is 5.97 Å². The van der Waals surface area contributed by atoms with Gasteiger partial charge in [-0.3, -0.25) is 0 Å². The number of aryl methyl sites for hydroxylation is 2. The smallest absolute Gasteiger partial charge is 0.333 e. The molecule has 0 N–H and O–H groups in total. The summed E-state index contributed by atoms with van der Waals surface area (Å²) in [7, 11) is 1.68. The maximum atomic E-state index is 12.0. The minimum absolute atomic E-state index is 0.195. The van der Waals surface area contributed by atoms with Crippen LogP contribution in [0.2, 0.25) is 0 Å². The molecule has 0 aliphatic carbocycles. The zero-order valence-electron chi connectivity index (χ0n) is 45.0. The quantitative estimate of drug-likeness (QED) is 0.0496. The van der Waals surface area contributed by atoms with Gasteiger partial charge in [-0.1, -0.05) is 43.0 Å². The van der Waals surface area contributed by atoms with E-state index in [0.717, 1.165) is 92.7 Å². The van der Waals surface area contributed by atoms with Crippen molar-refractivity contribution in [2.75, 3.05) is 140 Å². The van der Waals surface area contributed by atoms with E-state index in [9.17, 15) is 4.79 Å². The molecule has 78 heavy (non-hydrogen) atoms. The Morgan fingerprint density at radius 3 is 1.69 bits per heavy atom. The third-order valence-electron chi connectivity index (χ3n) is 13.2. The van der Waals surface area contributed by atoms with Gasteiger partial charge < -0.3 is 57.3 Å². The highest BCUT2D eigenvalue weighted by atomic mass is 32.1. The van der Waals surface area contributed by atoms with Gasteiger partial charge in [-0.25, -0.2) is 4.79 Å². The summed E-state index contributed by atoms with van der Waals surface area (Å²) in [6, 6.07) is 31.6. The molecule has 0 amide bonds. The van der Waals surface area contributed by atoms with Gasteiger partial charge in [0.1, 0.15) is 54.7 Å². The molecule has 7 aromatic rings. The van der Waals surface area contributed by atoms with Crippen LogP contribution < -0.4 is 28.9 Å².